The third-order valence-electron chi connectivity index (χ3n) is 2.72. The van der Waals surface area contributed by atoms with E-state index in [-0.39, 0.29) is 0 Å². The second-order valence-electron chi connectivity index (χ2n) is 3.88. The summed E-state index contributed by atoms with van der Waals surface area (Å²) in [6.45, 7) is 0. The molecule has 0 bridgehead atoms. The largest absolute Gasteiger partial charge is 0.380 e. The van der Waals surface area contributed by atoms with E-state index >= 15 is 0 Å². The summed E-state index contributed by atoms with van der Waals surface area (Å²) in [4.78, 5) is 0. The first-order valence-corrected chi connectivity index (χ1v) is 6.13. The average Bonchev–Trinajstić information content (AvgIpc) is 2.26. The number of aliphatic hydroxyl groups is 2. The summed E-state index contributed by atoms with van der Waals surface area (Å²) >= 11 is 0. The lowest BCUT2D eigenvalue weighted by molar-refractivity contribution is 0.132. The fourth-order valence-corrected chi connectivity index (χ4v) is 1.93. The highest BCUT2D eigenvalue weighted by atomic mass is 31.0. The van der Waals surface area contributed by atoms with Crippen LogP contribution in [0.5, 0.6) is 0 Å². The first kappa shape index (κ1) is 12.0. The van der Waals surface area contributed by atoms with Crippen LogP contribution >= 0.6 is 9.24 Å². The van der Waals surface area contributed by atoms with Gasteiger partial charge in [-0.05, 0) is 24.9 Å². The van der Waals surface area contributed by atoms with E-state index in [0.717, 1.165) is 12.8 Å². The van der Waals surface area contributed by atoms with E-state index in [4.69, 9.17) is 0 Å². The number of rotatable bonds is 2. The number of aliphatic hydroxyl groups excluding tert-OH is 2. The highest BCUT2D eigenvalue weighted by Crippen LogP contribution is 2.26. The van der Waals surface area contributed by atoms with Gasteiger partial charge in [0, 0.05) is 0 Å². The molecule has 0 amide bonds. The van der Waals surface area contributed by atoms with Crippen LogP contribution in [0.4, 0.5) is 0 Å². The lowest BCUT2D eigenvalue weighted by atomic mass is 9.85. The van der Waals surface area contributed by atoms with E-state index in [1.807, 2.05) is 0 Å². The van der Waals surface area contributed by atoms with Crippen molar-refractivity contribution in [3.63, 3.8) is 0 Å². The van der Waals surface area contributed by atoms with Gasteiger partial charge in [-0.1, -0.05) is 31.1 Å². The van der Waals surface area contributed by atoms with Crippen LogP contribution in [0.3, 0.4) is 0 Å². The molecule has 1 fully saturated rings. The fraction of sp³-hybridized carbons (Fsp3) is 0.818. The van der Waals surface area contributed by atoms with Crippen molar-refractivity contribution in [3.05, 3.63) is 0 Å². The van der Waals surface area contributed by atoms with Gasteiger partial charge in [0.2, 0.25) is 0 Å². The van der Waals surface area contributed by atoms with Crippen LogP contribution in [0.1, 0.15) is 32.1 Å². The molecule has 1 saturated carbocycles. The van der Waals surface area contributed by atoms with Gasteiger partial charge in [0.25, 0.3) is 0 Å². The zero-order valence-corrected chi connectivity index (χ0v) is 9.60. The molecule has 1 rings (SSSR count). The summed E-state index contributed by atoms with van der Waals surface area (Å²) < 4.78 is 0. The summed E-state index contributed by atoms with van der Waals surface area (Å²) in [6.07, 6.45) is 5.24. The van der Waals surface area contributed by atoms with Crippen LogP contribution in [0.25, 0.3) is 0 Å². The molecule has 0 aromatic carbocycles. The van der Waals surface area contributed by atoms with Gasteiger partial charge in [-0.2, -0.15) is 0 Å². The van der Waals surface area contributed by atoms with Crippen molar-refractivity contribution in [2.75, 3.05) is 6.16 Å². The van der Waals surface area contributed by atoms with Gasteiger partial charge in [-0.25, -0.2) is 0 Å². The minimum absolute atomic E-state index is 0.327. The second kappa shape index (κ2) is 6.40. The topological polar surface area (TPSA) is 40.5 Å². The Labute approximate surface area is 88.3 Å². The Morgan fingerprint density at radius 3 is 2.36 bits per heavy atom. The van der Waals surface area contributed by atoms with Gasteiger partial charge < -0.3 is 10.2 Å². The molecule has 0 spiro atoms. The molecule has 0 saturated heterocycles. The van der Waals surface area contributed by atoms with E-state index in [1.54, 1.807) is 0 Å². The molecule has 0 aromatic heterocycles. The van der Waals surface area contributed by atoms with Crippen LogP contribution < -0.4 is 0 Å². The first-order chi connectivity index (χ1) is 6.74. The predicted octanol–water partition coefficient (Wildman–Crippen LogP) is 1.17. The quantitative estimate of drug-likeness (QED) is 0.535. The Morgan fingerprint density at radius 2 is 1.79 bits per heavy atom. The molecule has 80 valence electrons. The maximum absolute atomic E-state index is 9.73. The molecule has 0 aromatic rings. The van der Waals surface area contributed by atoms with E-state index in [0.29, 0.717) is 12.1 Å². The average molecular weight is 214 g/mol. The maximum atomic E-state index is 9.73. The molecule has 2 nitrogen and oxygen atoms in total. The van der Waals surface area contributed by atoms with Crippen molar-refractivity contribution >= 4 is 9.24 Å². The van der Waals surface area contributed by atoms with Crippen molar-refractivity contribution in [2.45, 2.75) is 44.3 Å². The van der Waals surface area contributed by atoms with Crippen LogP contribution in [0.2, 0.25) is 0 Å². The monoisotopic (exact) mass is 214 g/mol. The number of hydrogen-bond donors (Lipinski definition) is 2. The number of hydrogen-bond acceptors (Lipinski definition) is 2. The van der Waals surface area contributed by atoms with Crippen molar-refractivity contribution in [1.82, 2.24) is 0 Å². The van der Waals surface area contributed by atoms with Gasteiger partial charge in [-0.15, -0.1) is 9.24 Å². The summed E-state index contributed by atoms with van der Waals surface area (Å²) in [6, 6.07) is 0. The summed E-state index contributed by atoms with van der Waals surface area (Å²) in [5.41, 5.74) is 0. The molecule has 0 heterocycles. The maximum Gasteiger partial charge on any atom is 0.118 e. The van der Waals surface area contributed by atoms with Gasteiger partial charge in [0.15, 0.2) is 0 Å². The highest BCUT2D eigenvalue weighted by molar-refractivity contribution is 7.16. The zero-order chi connectivity index (χ0) is 10.4. The van der Waals surface area contributed by atoms with E-state index in [2.05, 4.69) is 21.1 Å². The molecule has 1 aliphatic carbocycles. The van der Waals surface area contributed by atoms with Crippen molar-refractivity contribution < 1.29 is 10.2 Å². The zero-order valence-electron chi connectivity index (χ0n) is 8.45. The molecule has 3 unspecified atom stereocenters. The molecule has 0 radical (unpaired) electrons. The highest BCUT2D eigenvalue weighted by Gasteiger charge is 2.19. The predicted molar refractivity (Wildman–Crippen MR) is 60.9 cm³/mol. The van der Waals surface area contributed by atoms with Gasteiger partial charge in [0.05, 0.1) is 0 Å². The summed E-state index contributed by atoms with van der Waals surface area (Å²) in [5.74, 6) is 5.74. The van der Waals surface area contributed by atoms with Crippen LogP contribution in [0.15, 0.2) is 0 Å². The van der Waals surface area contributed by atoms with Gasteiger partial charge in [0.1, 0.15) is 12.2 Å². The minimum Gasteiger partial charge on any atom is -0.380 e. The standard InChI is InChI=1S/C11H19O2P/c12-10(8-14)6-7-11(13)9-4-2-1-3-5-9/h9-13H,1-5,8,14H2. The fourth-order valence-electron chi connectivity index (χ4n) is 1.81. The molecule has 0 aliphatic heterocycles. The van der Waals surface area contributed by atoms with Crippen LogP contribution in [-0.2, 0) is 0 Å². The molecule has 3 atom stereocenters. The van der Waals surface area contributed by atoms with Crippen LogP contribution in [-0.4, -0.2) is 28.6 Å². The molecular formula is C11H19O2P. The van der Waals surface area contributed by atoms with E-state index in [9.17, 15) is 10.2 Å². The van der Waals surface area contributed by atoms with Gasteiger partial charge in [-0.3, -0.25) is 0 Å². The molecular weight excluding hydrogens is 195 g/mol. The second-order valence-corrected chi connectivity index (χ2v) is 4.35. The third kappa shape index (κ3) is 3.96. The Morgan fingerprint density at radius 1 is 1.14 bits per heavy atom. The van der Waals surface area contributed by atoms with E-state index in [1.165, 1.54) is 19.3 Å². The Balaban J connectivity index is 2.38. The molecule has 1 aliphatic rings. The smallest absolute Gasteiger partial charge is 0.118 e. The SMILES string of the molecule is OC(C#CC(O)C1CCCCC1)CP. The first-order valence-electron chi connectivity index (χ1n) is 5.31. The van der Waals surface area contributed by atoms with E-state index < -0.39 is 12.2 Å². The van der Waals surface area contributed by atoms with Gasteiger partial charge >= 0.3 is 0 Å². The Kier molecular flexibility index (Phi) is 5.48. The normalized spacial score (nSPS) is 22.2. The van der Waals surface area contributed by atoms with Crippen molar-refractivity contribution in [3.8, 4) is 11.8 Å². The Hall–Kier alpha value is -0.0900. The summed E-state index contributed by atoms with van der Waals surface area (Å²) in [5, 5.41) is 18.9. The summed E-state index contributed by atoms with van der Waals surface area (Å²) in [7, 11) is 2.43. The minimum atomic E-state index is -0.613. The van der Waals surface area contributed by atoms with Crippen molar-refractivity contribution in [2.24, 2.45) is 5.92 Å². The molecule has 14 heavy (non-hydrogen) atoms. The molecule has 2 N–H and O–H groups in total. The Bertz CT molecular complexity index is 213. The lowest BCUT2D eigenvalue weighted by Crippen LogP contribution is -2.21. The van der Waals surface area contributed by atoms with Crippen molar-refractivity contribution in [1.29, 1.82) is 0 Å². The molecule has 3 heteroatoms. The third-order valence-corrected chi connectivity index (χ3v) is 3.16. The lowest BCUT2D eigenvalue weighted by Gasteiger charge is -2.23. The van der Waals surface area contributed by atoms with Crippen LogP contribution in [0, 0.1) is 17.8 Å².